The molecule has 230 valence electrons. The molecule has 0 radical (unpaired) electrons. The van der Waals surface area contributed by atoms with Crippen LogP contribution in [0.4, 0.5) is 8.78 Å². The number of nitrogens with one attached hydrogen (secondary N) is 1. The zero-order valence-corrected chi connectivity index (χ0v) is 24.2. The summed E-state index contributed by atoms with van der Waals surface area (Å²) in [4.78, 5) is 48.6. The molecule has 11 heteroatoms. The Morgan fingerprint density at radius 1 is 1.13 bits per heavy atom. The van der Waals surface area contributed by atoms with E-state index in [0.717, 1.165) is 24.5 Å². The number of aldehydes is 1. The first-order valence-corrected chi connectivity index (χ1v) is 14.9. The first-order chi connectivity index (χ1) is 21.8. The van der Waals surface area contributed by atoms with Gasteiger partial charge in [0.2, 0.25) is 5.91 Å². The number of hydrogen-bond donors (Lipinski definition) is 2. The third kappa shape index (κ3) is 4.96. The predicted molar refractivity (Wildman–Crippen MR) is 160 cm³/mol. The topological polar surface area (TPSA) is 134 Å². The highest BCUT2D eigenvalue weighted by Crippen LogP contribution is 2.50. The molecule has 2 amide bonds. The van der Waals surface area contributed by atoms with E-state index in [4.69, 9.17) is 20.2 Å². The third-order valence-corrected chi connectivity index (χ3v) is 9.05. The number of carbonyl (C=O) groups excluding carboxylic acids is 3. The number of nitrogens with zero attached hydrogens (tertiary/aromatic N) is 2. The van der Waals surface area contributed by atoms with Crippen LogP contribution in [0.1, 0.15) is 47.3 Å². The fourth-order valence-electron chi connectivity index (χ4n) is 6.04. The number of pyridine rings is 2. The molecule has 45 heavy (non-hydrogen) atoms. The average Bonchev–Trinajstić information content (AvgIpc) is 4.00. The first kappa shape index (κ1) is 28.8. The molecule has 9 nitrogen and oxygen atoms in total. The van der Waals surface area contributed by atoms with Crippen LogP contribution in [0, 0.1) is 11.7 Å². The zero-order chi connectivity index (χ0) is 31.3. The molecule has 2 aliphatic carbocycles. The van der Waals surface area contributed by atoms with E-state index < -0.39 is 35.1 Å². The quantitative estimate of drug-likeness (QED) is 0.241. The van der Waals surface area contributed by atoms with Crippen LogP contribution in [0.25, 0.3) is 22.2 Å². The van der Waals surface area contributed by atoms with E-state index >= 15 is 0 Å². The van der Waals surface area contributed by atoms with Gasteiger partial charge < -0.3 is 25.3 Å². The maximum atomic E-state index is 14.6. The number of fused-ring (bicyclic) bond motifs is 2. The summed E-state index contributed by atoms with van der Waals surface area (Å²) in [5.74, 6) is -1.32. The van der Waals surface area contributed by atoms with E-state index in [0.29, 0.717) is 35.2 Å². The van der Waals surface area contributed by atoms with Crippen molar-refractivity contribution in [3.8, 4) is 22.8 Å². The molecular formula is C34H30F2N4O5. The second-order valence-corrected chi connectivity index (χ2v) is 12.1. The molecule has 2 saturated carbocycles. The number of primary amides is 1. The Hall–Kier alpha value is -4.93. The van der Waals surface area contributed by atoms with Gasteiger partial charge in [0.15, 0.2) is 0 Å². The Balaban J connectivity index is 1.29. The smallest absolute Gasteiger partial charge is 0.251 e. The average molecular weight is 613 g/mol. The summed E-state index contributed by atoms with van der Waals surface area (Å²) in [6.45, 7) is -1.58. The number of ether oxygens (including phenoxy) is 2. The maximum absolute atomic E-state index is 14.6. The summed E-state index contributed by atoms with van der Waals surface area (Å²) in [5.41, 5.74) is 4.68. The molecule has 2 atom stereocenters. The highest BCUT2D eigenvalue weighted by atomic mass is 19.1. The minimum Gasteiger partial charge on any atom is -0.489 e. The molecular weight excluding hydrogens is 582 g/mol. The number of benzene rings is 2. The van der Waals surface area contributed by atoms with Gasteiger partial charge in [-0.1, -0.05) is 6.07 Å². The van der Waals surface area contributed by atoms with Gasteiger partial charge in [0.1, 0.15) is 53.5 Å². The summed E-state index contributed by atoms with van der Waals surface area (Å²) < 4.78 is 40.3. The van der Waals surface area contributed by atoms with Gasteiger partial charge in [-0.05, 0) is 80.1 Å². The molecule has 7 rings (SSSR count). The molecule has 3 aliphatic rings. The summed E-state index contributed by atoms with van der Waals surface area (Å²) >= 11 is 0. The van der Waals surface area contributed by atoms with E-state index in [9.17, 15) is 23.2 Å². The lowest BCUT2D eigenvalue weighted by molar-refractivity contribution is -0.124. The first-order valence-electron chi connectivity index (χ1n) is 14.9. The van der Waals surface area contributed by atoms with Crippen LogP contribution in [0.5, 0.6) is 11.5 Å². The highest BCUT2D eigenvalue weighted by molar-refractivity contribution is 6.00. The van der Waals surface area contributed by atoms with E-state index in [-0.39, 0.29) is 47.9 Å². The van der Waals surface area contributed by atoms with Crippen molar-refractivity contribution in [2.24, 2.45) is 11.7 Å². The number of hydrogen-bond acceptors (Lipinski definition) is 7. The molecule has 1 aliphatic heterocycles. The van der Waals surface area contributed by atoms with Crippen molar-refractivity contribution >= 4 is 29.0 Å². The number of rotatable bonds is 11. The molecule has 2 fully saturated rings. The van der Waals surface area contributed by atoms with E-state index in [1.54, 1.807) is 24.4 Å². The zero-order valence-electron chi connectivity index (χ0n) is 24.2. The fourth-order valence-corrected chi connectivity index (χ4v) is 6.04. The summed E-state index contributed by atoms with van der Waals surface area (Å²) in [6.07, 6.45) is 5.78. The predicted octanol–water partition coefficient (Wildman–Crippen LogP) is 4.34. The van der Waals surface area contributed by atoms with Gasteiger partial charge in [0, 0.05) is 34.8 Å². The van der Waals surface area contributed by atoms with Crippen molar-refractivity contribution in [3.63, 3.8) is 0 Å². The Kier molecular flexibility index (Phi) is 6.98. The van der Waals surface area contributed by atoms with Crippen molar-refractivity contribution in [1.82, 2.24) is 15.3 Å². The van der Waals surface area contributed by atoms with Crippen molar-refractivity contribution < 1.29 is 32.6 Å². The minimum atomic E-state index is -1.79. The SMILES string of the molecule is NC(=O)[C@]1(CF)COc2c1cc([C@@](C=O)(CNC(=O)c1cc(OC3CC3)c3ncccc3c1)C1CC1)nc2-c1ccc(F)cc1. The largest absolute Gasteiger partial charge is 0.489 e. The Morgan fingerprint density at radius 2 is 1.91 bits per heavy atom. The number of carbonyl (C=O) groups is 3. The molecule has 0 spiro atoms. The van der Waals surface area contributed by atoms with Gasteiger partial charge in [-0.3, -0.25) is 14.6 Å². The molecule has 2 aromatic heterocycles. The van der Waals surface area contributed by atoms with E-state index in [2.05, 4.69) is 10.3 Å². The van der Waals surface area contributed by atoms with Crippen molar-refractivity contribution in [1.29, 1.82) is 0 Å². The number of nitrogens with two attached hydrogens (primary N) is 1. The van der Waals surface area contributed by atoms with Gasteiger partial charge in [-0.15, -0.1) is 0 Å². The molecule has 2 aromatic carbocycles. The molecule has 0 saturated heterocycles. The van der Waals surface area contributed by atoms with Crippen LogP contribution in [-0.4, -0.2) is 54.0 Å². The Labute approximate surface area is 257 Å². The van der Waals surface area contributed by atoms with Crippen LogP contribution in [0.2, 0.25) is 0 Å². The van der Waals surface area contributed by atoms with Gasteiger partial charge >= 0.3 is 0 Å². The minimum absolute atomic E-state index is 0.0908. The molecule has 3 N–H and O–H groups in total. The summed E-state index contributed by atoms with van der Waals surface area (Å²) in [6, 6.07) is 14.0. The lowest BCUT2D eigenvalue weighted by Crippen LogP contribution is -2.46. The van der Waals surface area contributed by atoms with Gasteiger partial charge in [0.05, 0.1) is 17.2 Å². The van der Waals surface area contributed by atoms with Crippen LogP contribution < -0.4 is 20.5 Å². The summed E-state index contributed by atoms with van der Waals surface area (Å²) in [5, 5.41) is 3.67. The number of amides is 2. The second-order valence-electron chi connectivity index (χ2n) is 12.1. The maximum Gasteiger partial charge on any atom is 0.251 e. The van der Waals surface area contributed by atoms with Crippen molar-refractivity contribution in [2.75, 3.05) is 19.8 Å². The van der Waals surface area contributed by atoms with Crippen LogP contribution in [-0.2, 0) is 20.4 Å². The van der Waals surface area contributed by atoms with Gasteiger partial charge in [-0.2, -0.15) is 0 Å². The summed E-state index contributed by atoms with van der Waals surface area (Å²) in [7, 11) is 0. The monoisotopic (exact) mass is 612 g/mol. The standard InChI is InChI=1S/C34H30F2N4O5/c35-15-33(32(37)43)18-44-30-25(33)14-27(40-29(30)19-3-7-23(36)8-4-19)34(17-41,22-5-6-22)16-39-31(42)21-12-20-2-1-11-38-28(20)26(13-21)45-24-9-10-24/h1-4,7-8,11-14,17,22,24H,5-6,9-10,15-16,18H2,(H2,37,43)(H,39,42)/t33-,34-/m1/s1. The van der Waals surface area contributed by atoms with Crippen molar-refractivity contribution in [3.05, 3.63) is 83.4 Å². The number of alkyl halides is 1. The third-order valence-electron chi connectivity index (χ3n) is 9.05. The molecule has 4 aromatic rings. The molecule has 0 bridgehead atoms. The normalized spacial score (nSPS) is 20.1. The number of aromatic nitrogens is 2. The van der Waals surface area contributed by atoms with Crippen LogP contribution in [0.15, 0.2) is 60.8 Å². The van der Waals surface area contributed by atoms with Gasteiger partial charge in [-0.25, -0.2) is 13.8 Å². The van der Waals surface area contributed by atoms with Crippen LogP contribution in [0.3, 0.4) is 0 Å². The Bertz CT molecular complexity index is 1840. The van der Waals surface area contributed by atoms with Crippen molar-refractivity contribution in [2.45, 2.75) is 42.6 Å². The van der Waals surface area contributed by atoms with E-state index in [1.165, 1.54) is 30.3 Å². The molecule has 3 heterocycles. The lowest BCUT2D eigenvalue weighted by Gasteiger charge is -2.30. The fraction of sp³-hybridized carbons (Fsp3) is 0.324. The van der Waals surface area contributed by atoms with Crippen LogP contribution >= 0.6 is 0 Å². The molecule has 0 unspecified atom stereocenters. The van der Waals surface area contributed by atoms with E-state index in [1.807, 2.05) is 6.07 Å². The lowest BCUT2D eigenvalue weighted by atomic mass is 9.76. The number of halogens is 2. The second kappa shape index (κ2) is 10.9. The Morgan fingerprint density at radius 3 is 2.58 bits per heavy atom. The highest BCUT2D eigenvalue weighted by Gasteiger charge is 2.52. The van der Waals surface area contributed by atoms with Gasteiger partial charge in [0.25, 0.3) is 5.91 Å².